The highest BCUT2D eigenvalue weighted by molar-refractivity contribution is 9.10. The molecule has 0 spiro atoms. The van der Waals surface area contributed by atoms with Crippen molar-refractivity contribution in [3.8, 4) is 0 Å². The van der Waals surface area contributed by atoms with Crippen LogP contribution in [0.4, 0.5) is 5.69 Å². The van der Waals surface area contributed by atoms with Crippen LogP contribution in [-0.4, -0.2) is 33.6 Å². The summed E-state index contributed by atoms with van der Waals surface area (Å²) < 4.78 is 49.5. The van der Waals surface area contributed by atoms with Gasteiger partial charge in [0.15, 0.2) is 9.84 Å². The molecule has 0 heterocycles. The first-order valence-corrected chi connectivity index (χ1v) is 10.9. The van der Waals surface area contributed by atoms with Crippen molar-refractivity contribution >= 4 is 41.3 Å². The third-order valence-electron chi connectivity index (χ3n) is 3.90. The van der Waals surface area contributed by atoms with Crippen LogP contribution in [0.25, 0.3) is 0 Å². The van der Waals surface area contributed by atoms with Crippen molar-refractivity contribution in [1.29, 1.82) is 0 Å². The Hall–Kier alpha value is -0.600. The summed E-state index contributed by atoms with van der Waals surface area (Å²) in [5.41, 5.74) is 5.98. The maximum Gasteiger partial charge on any atom is 0.183 e. The number of hydrogen-bond acceptors (Lipinski definition) is 5. The monoisotopic (exact) mass is 395 g/mol. The molecule has 2 rings (SSSR count). The van der Waals surface area contributed by atoms with Crippen LogP contribution in [0.3, 0.4) is 0 Å². The smallest absolute Gasteiger partial charge is 0.183 e. The van der Waals surface area contributed by atoms with E-state index in [2.05, 4.69) is 15.9 Å². The third-order valence-corrected chi connectivity index (χ3v) is 8.31. The van der Waals surface area contributed by atoms with Crippen LogP contribution in [0.2, 0.25) is 0 Å². The van der Waals surface area contributed by atoms with Crippen molar-refractivity contribution in [1.82, 2.24) is 0 Å². The molecule has 8 heteroatoms. The number of nitrogen functional groups attached to an aromatic ring is 1. The summed E-state index contributed by atoms with van der Waals surface area (Å²) in [6.07, 6.45) is 2.90. The molecule has 1 aliphatic carbocycles. The van der Waals surface area contributed by atoms with E-state index < -0.39 is 30.2 Å². The molecule has 118 valence electrons. The fraction of sp³-hybridized carbons (Fsp3) is 0.538. The fourth-order valence-electron chi connectivity index (χ4n) is 2.71. The molecule has 2 N–H and O–H groups in total. The summed E-state index contributed by atoms with van der Waals surface area (Å²) in [6, 6.07) is 4.69. The van der Waals surface area contributed by atoms with Crippen molar-refractivity contribution in [2.45, 2.75) is 41.1 Å². The largest absolute Gasteiger partial charge is 0.398 e. The van der Waals surface area contributed by atoms with Crippen molar-refractivity contribution in [3.05, 3.63) is 22.7 Å². The zero-order valence-electron chi connectivity index (χ0n) is 11.6. The lowest BCUT2D eigenvalue weighted by atomic mass is 10.00. The third kappa shape index (κ3) is 3.60. The maximum absolute atomic E-state index is 12.7. The molecule has 1 aliphatic rings. The van der Waals surface area contributed by atoms with Crippen LogP contribution < -0.4 is 5.73 Å². The van der Waals surface area contributed by atoms with Gasteiger partial charge in [-0.1, -0.05) is 22.4 Å². The topological polar surface area (TPSA) is 94.3 Å². The highest BCUT2D eigenvalue weighted by Gasteiger charge is 2.37. The molecule has 2 atom stereocenters. The first-order valence-electron chi connectivity index (χ1n) is 6.60. The molecular formula is C13H18BrNO4S2. The Bertz CT molecular complexity index is 743. The van der Waals surface area contributed by atoms with Crippen LogP contribution in [0.1, 0.15) is 25.7 Å². The van der Waals surface area contributed by atoms with Gasteiger partial charge in [0, 0.05) is 10.7 Å². The van der Waals surface area contributed by atoms with E-state index in [1.165, 1.54) is 18.4 Å². The van der Waals surface area contributed by atoms with Crippen molar-refractivity contribution in [3.63, 3.8) is 0 Å². The van der Waals surface area contributed by atoms with Crippen molar-refractivity contribution < 1.29 is 16.8 Å². The summed E-state index contributed by atoms with van der Waals surface area (Å²) >= 11 is 3.24. The summed E-state index contributed by atoms with van der Waals surface area (Å²) in [4.78, 5) is 0.0797. The molecule has 0 radical (unpaired) electrons. The normalized spacial score (nSPS) is 23.9. The zero-order chi connectivity index (χ0) is 15.8. The molecule has 1 aromatic rings. The van der Waals surface area contributed by atoms with Gasteiger partial charge in [-0.25, -0.2) is 16.8 Å². The van der Waals surface area contributed by atoms with Gasteiger partial charge in [0.25, 0.3) is 0 Å². The van der Waals surface area contributed by atoms with Crippen molar-refractivity contribution in [2.24, 2.45) is 0 Å². The summed E-state index contributed by atoms with van der Waals surface area (Å²) in [5.74, 6) is 0. The molecule has 0 aliphatic heterocycles. The van der Waals surface area contributed by atoms with E-state index >= 15 is 0 Å². The van der Waals surface area contributed by atoms with Gasteiger partial charge in [-0.05, 0) is 37.5 Å². The molecule has 1 fully saturated rings. The highest BCUT2D eigenvalue weighted by Crippen LogP contribution is 2.34. The lowest BCUT2D eigenvalue weighted by molar-refractivity contribution is 0.473. The van der Waals surface area contributed by atoms with E-state index in [0.29, 0.717) is 23.7 Å². The molecule has 2 unspecified atom stereocenters. The number of hydrogen-bond donors (Lipinski definition) is 1. The lowest BCUT2D eigenvalue weighted by Crippen LogP contribution is -2.35. The number of sulfone groups is 2. The second-order valence-electron chi connectivity index (χ2n) is 5.47. The molecule has 0 saturated heterocycles. The van der Waals surface area contributed by atoms with Gasteiger partial charge < -0.3 is 5.73 Å². The Morgan fingerprint density at radius 3 is 2.38 bits per heavy atom. The van der Waals surface area contributed by atoms with Gasteiger partial charge in [0.1, 0.15) is 9.84 Å². The number of anilines is 1. The maximum atomic E-state index is 12.7. The first kappa shape index (κ1) is 16.8. The van der Waals surface area contributed by atoms with Gasteiger partial charge in [-0.2, -0.15) is 0 Å². The highest BCUT2D eigenvalue weighted by atomic mass is 79.9. The Morgan fingerprint density at radius 2 is 1.76 bits per heavy atom. The second kappa shape index (κ2) is 5.89. The SMILES string of the molecule is CS(=O)(=O)C1CCCC(S(=O)(=O)c2cc(Br)ccc2N)C1. The quantitative estimate of drug-likeness (QED) is 0.791. The van der Waals surface area contributed by atoms with E-state index in [-0.39, 0.29) is 17.0 Å². The average Bonchev–Trinajstić information content (AvgIpc) is 2.40. The average molecular weight is 396 g/mol. The fourth-order valence-corrected chi connectivity index (χ4v) is 6.53. The molecule has 0 bridgehead atoms. The molecule has 0 aromatic heterocycles. The van der Waals surface area contributed by atoms with E-state index in [4.69, 9.17) is 5.73 Å². The number of nitrogens with two attached hydrogens (primary N) is 1. The minimum Gasteiger partial charge on any atom is -0.398 e. The standard InChI is InChI=1S/C13H18BrNO4S2/c1-20(16,17)10-3-2-4-11(8-10)21(18,19)13-7-9(14)5-6-12(13)15/h5-7,10-11H,2-4,8,15H2,1H3. The van der Waals surface area contributed by atoms with Gasteiger partial charge >= 0.3 is 0 Å². The Balaban J connectivity index is 2.38. The van der Waals surface area contributed by atoms with Crippen LogP contribution in [0.15, 0.2) is 27.6 Å². The van der Waals surface area contributed by atoms with E-state index in [1.54, 1.807) is 6.07 Å². The first-order chi connectivity index (χ1) is 9.62. The molecule has 1 saturated carbocycles. The van der Waals surface area contributed by atoms with Crippen LogP contribution in [-0.2, 0) is 19.7 Å². The van der Waals surface area contributed by atoms with Crippen LogP contribution in [0, 0.1) is 0 Å². The molecule has 0 amide bonds. The second-order valence-corrected chi connectivity index (χ2v) is 10.9. The predicted molar refractivity (Wildman–Crippen MR) is 86.6 cm³/mol. The summed E-state index contributed by atoms with van der Waals surface area (Å²) in [7, 11) is -6.85. The van der Waals surface area contributed by atoms with Gasteiger partial charge in [-0.3, -0.25) is 0 Å². The molecule has 5 nitrogen and oxygen atoms in total. The van der Waals surface area contributed by atoms with E-state index in [0.717, 1.165) is 0 Å². The van der Waals surface area contributed by atoms with Gasteiger partial charge in [0.2, 0.25) is 0 Å². The molecule has 21 heavy (non-hydrogen) atoms. The van der Waals surface area contributed by atoms with E-state index in [1.807, 2.05) is 0 Å². The Kier molecular flexibility index (Phi) is 4.70. The van der Waals surface area contributed by atoms with Crippen LogP contribution in [0.5, 0.6) is 0 Å². The lowest BCUT2D eigenvalue weighted by Gasteiger charge is -2.28. The molecule has 1 aromatic carbocycles. The van der Waals surface area contributed by atoms with Crippen LogP contribution >= 0.6 is 15.9 Å². The number of benzene rings is 1. The Morgan fingerprint density at radius 1 is 1.14 bits per heavy atom. The number of halogens is 1. The number of rotatable bonds is 3. The van der Waals surface area contributed by atoms with Gasteiger partial charge in [0.05, 0.1) is 21.1 Å². The summed E-state index contributed by atoms with van der Waals surface area (Å²) in [6.45, 7) is 0. The summed E-state index contributed by atoms with van der Waals surface area (Å²) in [5, 5.41) is -1.28. The minimum absolute atomic E-state index is 0.0797. The zero-order valence-corrected chi connectivity index (χ0v) is 14.8. The minimum atomic E-state index is -3.63. The predicted octanol–water partition coefficient (Wildman–Crippen LogP) is 2.16. The van der Waals surface area contributed by atoms with Gasteiger partial charge in [-0.15, -0.1) is 0 Å². The molecular weight excluding hydrogens is 378 g/mol. The Labute approximate surface area is 133 Å². The van der Waals surface area contributed by atoms with E-state index in [9.17, 15) is 16.8 Å². The van der Waals surface area contributed by atoms with Crippen molar-refractivity contribution in [2.75, 3.05) is 12.0 Å².